The Balaban J connectivity index is 1.77. The molecule has 17 heavy (non-hydrogen) atoms. The van der Waals surface area contributed by atoms with Gasteiger partial charge < -0.3 is 5.32 Å². The molecule has 2 atom stereocenters. The number of unbranched alkanes of at least 4 members (excludes halogenated alkanes) is 1. The minimum Gasteiger partial charge on any atom is -0.314 e. The zero-order chi connectivity index (χ0) is 12.3. The minimum absolute atomic E-state index is 0.640. The standard InChI is InChI=1S/C15H30N2/c1-4-5-10-17(14-7-8-14)15-9-6-13(15)11-16-12(2)3/h12-16H,4-11H2,1-3H3. The Morgan fingerprint density at radius 2 is 1.94 bits per heavy atom. The van der Waals surface area contributed by atoms with Crippen LogP contribution in [-0.4, -0.2) is 36.1 Å². The van der Waals surface area contributed by atoms with Crippen LogP contribution in [0.15, 0.2) is 0 Å². The van der Waals surface area contributed by atoms with Gasteiger partial charge in [0.2, 0.25) is 0 Å². The zero-order valence-corrected chi connectivity index (χ0v) is 11.9. The minimum atomic E-state index is 0.640. The van der Waals surface area contributed by atoms with Crippen LogP contribution in [0.2, 0.25) is 0 Å². The third kappa shape index (κ3) is 3.69. The molecule has 1 N–H and O–H groups in total. The Morgan fingerprint density at radius 1 is 1.18 bits per heavy atom. The Labute approximate surface area is 107 Å². The lowest BCUT2D eigenvalue weighted by atomic mass is 9.78. The van der Waals surface area contributed by atoms with E-state index in [1.54, 1.807) is 0 Å². The van der Waals surface area contributed by atoms with E-state index in [1.165, 1.54) is 51.6 Å². The summed E-state index contributed by atoms with van der Waals surface area (Å²) in [6, 6.07) is 2.50. The normalized spacial score (nSPS) is 28.8. The van der Waals surface area contributed by atoms with Crippen molar-refractivity contribution in [2.24, 2.45) is 5.92 Å². The van der Waals surface area contributed by atoms with E-state index >= 15 is 0 Å². The fraction of sp³-hybridized carbons (Fsp3) is 1.00. The number of rotatable bonds is 8. The summed E-state index contributed by atoms with van der Waals surface area (Å²) < 4.78 is 0. The van der Waals surface area contributed by atoms with Crippen molar-refractivity contribution >= 4 is 0 Å². The number of nitrogens with one attached hydrogen (secondary N) is 1. The highest BCUT2D eigenvalue weighted by molar-refractivity contribution is 4.96. The molecule has 100 valence electrons. The average Bonchev–Trinajstić information content (AvgIpc) is 3.05. The Morgan fingerprint density at radius 3 is 2.41 bits per heavy atom. The van der Waals surface area contributed by atoms with Crippen molar-refractivity contribution in [1.29, 1.82) is 0 Å². The van der Waals surface area contributed by atoms with Crippen molar-refractivity contribution in [3.63, 3.8) is 0 Å². The van der Waals surface area contributed by atoms with Crippen LogP contribution < -0.4 is 5.32 Å². The molecule has 0 radical (unpaired) electrons. The van der Waals surface area contributed by atoms with Gasteiger partial charge in [-0.15, -0.1) is 0 Å². The van der Waals surface area contributed by atoms with E-state index in [1.807, 2.05) is 0 Å². The lowest BCUT2D eigenvalue weighted by Crippen LogP contribution is -2.52. The first-order chi connectivity index (χ1) is 8.22. The molecular formula is C15H30N2. The van der Waals surface area contributed by atoms with Gasteiger partial charge in [-0.05, 0) is 51.1 Å². The second-order valence-electron chi connectivity index (χ2n) is 6.29. The Bertz CT molecular complexity index is 223. The van der Waals surface area contributed by atoms with Crippen molar-refractivity contribution in [3.05, 3.63) is 0 Å². The second kappa shape index (κ2) is 6.19. The van der Waals surface area contributed by atoms with E-state index in [4.69, 9.17) is 0 Å². The first-order valence-corrected chi connectivity index (χ1v) is 7.71. The van der Waals surface area contributed by atoms with Crippen LogP contribution in [0.4, 0.5) is 0 Å². The maximum absolute atomic E-state index is 3.62. The van der Waals surface area contributed by atoms with E-state index in [0.717, 1.165) is 18.0 Å². The summed E-state index contributed by atoms with van der Waals surface area (Å²) in [5, 5.41) is 3.62. The lowest BCUT2D eigenvalue weighted by Gasteiger charge is -2.45. The van der Waals surface area contributed by atoms with Crippen molar-refractivity contribution in [3.8, 4) is 0 Å². The molecule has 2 fully saturated rings. The third-order valence-corrected chi connectivity index (χ3v) is 4.38. The van der Waals surface area contributed by atoms with Crippen molar-refractivity contribution < 1.29 is 0 Å². The van der Waals surface area contributed by atoms with Crippen molar-refractivity contribution in [1.82, 2.24) is 10.2 Å². The fourth-order valence-corrected chi connectivity index (χ4v) is 2.98. The summed E-state index contributed by atoms with van der Waals surface area (Å²) in [4.78, 5) is 2.85. The first kappa shape index (κ1) is 13.4. The number of nitrogens with zero attached hydrogens (tertiary/aromatic N) is 1. The molecule has 2 rings (SSSR count). The molecule has 0 aliphatic heterocycles. The van der Waals surface area contributed by atoms with E-state index in [2.05, 4.69) is 31.0 Å². The van der Waals surface area contributed by atoms with E-state index in [-0.39, 0.29) is 0 Å². The van der Waals surface area contributed by atoms with Gasteiger partial charge in [-0.25, -0.2) is 0 Å². The van der Waals surface area contributed by atoms with Crippen molar-refractivity contribution in [2.75, 3.05) is 13.1 Å². The Hall–Kier alpha value is -0.0800. The van der Waals surface area contributed by atoms with Gasteiger partial charge in [-0.1, -0.05) is 27.2 Å². The van der Waals surface area contributed by atoms with Crippen LogP contribution in [0.25, 0.3) is 0 Å². The van der Waals surface area contributed by atoms with E-state index < -0.39 is 0 Å². The average molecular weight is 238 g/mol. The summed E-state index contributed by atoms with van der Waals surface area (Å²) in [6.45, 7) is 9.40. The largest absolute Gasteiger partial charge is 0.314 e. The summed E-state index contributed by atoms with van der Waals surface area (Å²) in [5.74, 6) is 0.926. The maximum Gasteiger partial charge on any atom is 0.0139 e. The van der Waals surface area contributed by atoms with Crippen molar-refractivity contribution in [2.45, 2.75) is 77.4 Å². The highest BCUT2D eigenvalue weighted by Gasteiger charge is 2.41. The van der Waals surface area contributed by atoms with Crippen LogP contribution in [0.1, 0.15) is 59.3 Å². The Kier molecular flexibility index (Phi) is 4.87. The molecule has 0 saturated heterocycles. The highest BCUT2D eigenvalue weighted by atomic mass is 15.2. The SMILES string of the molecule is CCCCN(C1CC1)C1CCC1CNC(C)C. The molecule has 2 aliphatic carbocycles. The number of hydrogen-bond acceptors (Lipinski definition) is 2. The third-order valence-electron chi connectivity index (χ3n) is 4.38. The van der Waals surface area contributed by atoms with Gasteiger partial charge in [0.25, 0.3) is 0 Å². The molecule has 2 aliphatic rings. The smallest absolute Gasteiger partial charge is 0.0139 e. The quantitative estimate of drug-likeness (QED) is 0.699. The summed E-state index contributed by atoms with van der Waals surface area (Å²) in [7, 11) is 0. The van der Waals surface area contributed by atoms with Gasteiger partial charge in [-0.2, -0.15) is 0 Å². The molecule has 2 heteroatoms. The molecule has 0 spiro atoms. The lowest BCUT2D eigenvalue weighted by molar-refractivity contribution is 0.0528. The number of hydrogen-bond donors (Lipinski definition) is 1. The molecule has 0 amide bonds. The monoisotopic (exact) mass is 238 g/mol. The van der Waals surface area contributed by atoms with E-state index in [0.29, 0.717) is 6.04 Å². The van der Waals surface area contributed by atoms with Crippen LogP contribution in [0.3, 0.4) is 0 Å². The maximum atomic E-state index is 3.62. The van der Waals surface area contributed by atoms with Gasteiger partial charge in [0, 0.05) is 18.1 Å². The topological polar surface area (TPSA) is 15.3 Å². The van der Waals surface area contributed by atoms with Crippen LogP contribution in [0.5, 0.6) is 0 Å². The predicted molar refractivity (Wildman–Crippen MR) is 74.3 cm³/mol. The summed E-state index contributed by atoms with van der Waals surface area (Å²) in [6.07, 6.45) is 8.54. The molecule has 2 saturated carbocycles. The van der Waals surface area contributed by atoms with Gasteiger partial charge >= 0.3 is 0 Å². The van der Waals surface area contributed by atoms with Gasteiger partial charge in [-0.3, -0.25) is 4.90 Å². The molecular weight excluding hydrogens is 208 g/mol. The van der Waals surface area contributed by atoms with Gasteiger partial charge in [0.1, 0.15) is 0 Å². The molecule has 2 unspecified atom stereocenters. The molecule has 0 heterocycles. The predicted octanol–water partition coefficient (Wildman–Crippen LogP) is 3.03. The van der Waals surface area contributed by atoms with Gasteiger partial charge in [0.05, 0.1) is 0 Å². The first-order valence-electron chi connectivity index (χ1n) is 7.71. The van der Waals surface area contributed by atoms with Crippen LogP contribution >= 0.6 is 0 Å². The molecule has 0 aromatic rings. The highest BCUT2D eigenvalue weighted by Crippen LogP contribution is 2.39. The zero-order valence-electron chi connectivity index (χ0n) is 11.9. The fourth-order valence-electron chi connectivity index (χ4n) is 2.98. The molecule has 0 aromatic carbocycles. The van der Waals surface area contributed by atoms with Crippen LogP contribution in [-0.2, 0) is 0 Å². The molecule has 2 nitrogen and oxygen atoms in total. The van der Waals surface area contributed by atoms with Gasteiger partial charge in [0.15, 0.2) is 0 Å². The van der Waals surface area contributed by atoms with Crippen LogP contribution in [0, 0.1) is 5.92 Å². The summed E-state index contributed by atoms with van der Waals surface area (Å²) >= 11 is 0. The second-order valence-corrected chi connectivity index (χ2v) is 6.29. The molecule has 0 bridgehead atoms. The summed E-state index contributed by atoms with van der Waals surface area (Å²) in [5.41, 5.74) is 0. The van der Waals surface area contributed by atoms with E-state index in [9.17, 15) is 0 Å². The molecule has 0 aromatic heterocycles.